The number of nitrogens with one attached hydrogen (secondary N) is 1. The van der Waals surface area contributed by atoms with E-state index in [9.17, 15) is 18.0 Å². The fraction of sp³-hybridized carbons (Fsp3) is 0.355. The van der Waals surface area contributed by atoms with E-state index in [4.69, 9.17) is 23.2 Å². The fourth-order valence-electron chi connectivity index (χ4n) is 4.34. The van der Waals surface area contributed by atoms with E-state index in [1.54, 1.807) is 30.3 Å². The Labute approximate surface area is 253 Å². The molecule has 0 aliphatic heterocycles. The molecule has 7 nitrogen and oxygen atoms in total. The molecule has 0 aromatic heterocycles. The van der Waals surface area contributed by atoms with Crippen molar-refractivity contribution in [1.82, 2.24) is 10.2 Å². The highest BCUT2D eigenvalue weighted by atomic mass is 35.5. The normalized spacial score (nSPS) is 12.9. The Morgan fingerprint density at radius 3 is 2.12 bits per heavy atom. The number of benzene rings is 3. The first-order chi connectivity index (χ1) is 19.3. The number of hydrogen-bond donors (Lipinski definition) is 1. The van der Waals surface area contributed by atoms with Gasteiger partial charge in [-0.3, -0.25) is 13.9 Å². The summed E-state index contributed by atoms with van der Waals surface area (Å²) in [5, 5.41) is 3.67. The van der Waals surface area contributed by atoms with Crippen molar-refractivity contribution in [3.8, 4) is 0 Å². The molecule has 0 saturated carbocycles. The summed E-state index contributed by atoms with van der Waals surface area (Å²) in [5.41, 5.74) is 3.55. The predicted molar refractivity (Wildman–Crippen MR) is 167 cm³/mol. The van der Waals surface area contributed by atoms with Gasteiger partial charge in [0.2, 0.25) is 21.8 Å². The van der Waals surface area contributed by atoms with Gasteiger partial charge in [0.05, 0.1) is 11.9 Å². The van der Waals surface area contributed by atoms with Crippen LogP contribution in [-0.2, 0) is 32.6 Å². The third-order valence-corrected chi connectivity index (χ3v) is 8.97. The van der Waals surface area contributed by atoms with Crippen LogP contribution >= 0.6 is 23.2 Å². The van der Waals surface area contributed by atoms with Crippen LogP contribution < -0.4 is 9.62 Å². The molecule has 2 amide bonds. The zero-order chi connectivity index (χ0) is 30.3. The molecule has 0 spiro atoms. The molecule has 3 aromatic carbocycles. The Hall–Kier alpha value is -3.07. The molecule has 220 valence electrons. The number of nitrogens with zero attached hydrogens (tertiary/aromatic N) is 2. The van der Waals surface area contributed by atoms with Gasteiger partial charge in [-0.25, -0.2) is 8.42 Å². The number of aryl methyl sites for hydroxylation is 2. The summed E-state index contributed by atoms with van der Waals surface area (Å²) in [6.07, 6.45) is 1.96. The Kier molecular flexibility index (Phi) is 11.2. The number of carbonyl (C=O) groups is 2. The van der Waals surface area contributed by atoms with Gasteiger partial charge in [-0.1, -0.05) is 72.6 Å². The maximum atomic E-state index is 14.2. The average molecular weight is 619 g/mol. The van der Waals surface area contributed by atoms with Gasteiger partial charge >= 0.3 is 0 Å². The lowest BCUT2D eigenvalue weighted by Gasteiger charge is -2.34. The van der Waals surface area contributed by atoms with E-state index in [1.807, 2.05) is 64.1 Å². The lowest BCUT2D eigenvalue weighted by Crippen LogP contribution is -2.54. The van der Waals surface area contributed by atoms with Crippen LogP contribution in [0.15, 0.2) is 66.7 Å². The summed E-state index contributed by atoms with van der Waals surface area (Å²) in [7, 11) is -3.86. The Morgan fingerprint density at radius 1 is 0.927 bits per heavy atom. The molecular weight excluding hydrogens is 581 g/mol. The van der Waals surface area contributed by atoms with E-state index < -0.39 is 28.5 Å². The summed E-state index contributed by atoms with van der Waals surface area (Å²) in [4.78, 5) is 29.3. The van der Waals surface area contributed by atoms with Crippen LogP contribution in [0.1, 0.15) is 42.5 Å². The number of carbonyl (C=O) groups excluding carboxylic acids is 2. The van der Waals surface area contributed by atoms with Gasteiger partial charge in [-0.05, 0) is 68.1 Å². The summed E-state index contributed by atoms with van der Waals surface area (Å²) in [5.74, 6) is -0.915. The monoisotopic (exact) mass is 617 g/mol. The van der Waals surface area contributed by atoms with Crippen molar-refractivity contribution in [2.45, 2.75) is 59.2 Å². The van der Waals surface area contributed by atoms with Crippen molar-refractivity contribution < 1.29 is 18.0 Å². The molecule has 0 aliphatic rings. The van der Waals surface area contributed by atoms with E-state index in [0.717, 1.165) is 27.3 Å². The Morgan fingerprint density at radius 2 is 1.56 bits per heavy atom. The lowest BCUT2D eigenvalue weighted by molar-refractivity contribution is -0.140. The van der Waals surface area contributed by atoms with Crippen molar-refractivity contribution >= 4 is 50.7 Å². The van der Waals surface area contributed by atoms with Crippen molar-refractivity contribution in [2.24, 2.45) is 0 Å². The molecule has 0 radical (unpaired) electrons. The number of halogens is 2. The van der Waals surface area contributed by atoms with Crippen LogP contribution in [0.3, 0.4) is 0 Å². The zero-order valence-electron chi connectivity index (χ0n) is 24.0. The largest absolute Gasteiger partial charge is 0.352 e. The molecule has 3 aromatic rings. The highest BCUT2D eigenvalue weighted by Crippen LogP contribution is 2.28. The van der Waals surface area contributed by atoms with Crippen molar-refractivity contribution in [1.29, 1.82) is 0 Å². The molecule has 1 N–H and O–H groups in total. The first-order valence-corrected chi connectivity index (χ1v) is 16.0. The van der Waals surface area contributed by atoms with Crippen LogP contribution in [0, 0.1) is 13.8 Å². The quantitative estimate of drug-likeness (QED) is 0.273. The molecule has 0 heterocycles. The molecular formula is C31H37Cl2N3O4S. The van der Waals surface area contributed by atoms with Crippen LogP contribution in [0.4, 0.5) is 5.69 Å². The second-order valence-corrected chi connectivity index (χ2v) is 13.0. The first kappa shape index (κ1) is 32.4. The van der Waals surface area contributed by atoms with Gasteiger partial charge in [0.1, 0.15) is 12.6 Å². The molecule has 0 unspecified atom stereocenters. The third-order valence-electron chi connectivity index (χ3n) is 7.12. The van der Waals surface area contributed by atoms with Crippen LogP contribution in [-0.4, -0.2) is 50.0 Å². The highest BCUT2D eigenvalue weighted by molar-refractivity contribution is 7.92. The van der Waals surface area contributed by atoms with Crippen molar-refractivity contribution in [3.05, 3.63) is 99.0 Å². The minimum absolute atomic E-state index is 0.0900. The molecule has 0 fully saturated rings. The van der Waals surface area contributed by atoms with Gasteiger partial charge in [-0.2, -0.15) is 0 Å². The summed E-state index contributed by atoms with van der Waals surface area (Å²) in [6.45, 7) is 7.05. The van der Waals surface area contributed by atoms with E-state index in [-0.39, 0.29) is 24.9 Å². The number of anilines is 1. The van der Waals surface area contributed by atoms with Crippen LogP contribution in [0.2, 0.25) is 10.0 Å². The number of rotatable bonds is 12. The smallest absolute Gasteiger partial charge is 0.244 e. The maximum Gasteiger partial charge on any atom is 0.244 e. The Bertz CT molecular complexity index is 1460. The SMILES string of the molecule is CC[C@@H](C)NC(=O)[C@@H](Cc1ccccc1)N(Cc1c(Cl)cccc1Cl)C(=O)CN(c1ccc(C)c(C)c1)S(C)(=O)=O. The number of hydrogen-bond acceptors (Lipinski definition) is 4. The van der Waals surface area contributed by atoms with Gasteiger partial charge in [0.15, 0.2) is 0 Å². The summed E-state index contributed by atoms with van der Waals surface area (Å²) < 4.78 is 27.0. The first-order valence-electron chi connectivity index (χ1n) is 13.4. The van der Waals surface area contributed by atoms with E-state index in [1.165, 1.54) is 4.90 Å². The molecule has 0 saturated heterocycles. The van der Waals surface area contributed by atoms with Gasteiger partial charge in [0.25, 0.3) is 0 Å². The van der Waals surface area contributed by atoms with E-state index in [2.05, 4.69) is 5.32 Å². The molecule has 41 heavy (non-hydrogen) atoms. The van der Waals surface area contributed by atoms with E-state index in [0.29, 0.717) is 27.7 Å². The second kappa shape index (κ2) is 14.2. The minimum atomic E-state index is -3.86. The molecule has 0 aliphatic carbocycles. The molecule has 2 atom stereocenters. The fourth-order valence-corrected chi connectivity index (χ4v) is 5.70. The van der Waals surface area contributed by atoms with Crippen molar-refractivity contribution in [3.63, 3.8) is 0 Å². The topological polar surface area (TPSA) is 86.8 Å². The second-order valence-electron chi connectivity index (χ2n) is 10.3. The van der Waals surface area contributed by atoms with E-state index >= 15 is 0 Å². The van der Waals surface area contributed by atoms with Crippen LogP contribution in [0.5, 0.6) is 0 Å². The summed E-state index contributed by atoms with van der Waals surface area (Å²) >= 11 is 13.0. The molecule has 0 bridgehead atoms. The van der Waals surface area contributed by atoms with Gasteiger partial charge in [0, 0.05) is 34.6 Å². The molecule has 3 rings (SSSR count). The number of sulfonamides is 1. The third kappa shape index (κ3) is 8.71. The van der Waals surface area contributed by atoms with Gasteiger partial charge < -0.3 is 10.2 Å². The summed E-state index contributed by atoms with van der Waals surface area (Å²) in [6, 6.07) is 18.5. The standard InChI is InChI=1S/C31H37Cl2N3O4S/c1-6-23(4)34-31(38)29(18-24-11-8-7-9-12-24)35(19-26-27(32)13-10-14-28(26)33)30(37)20-36(41(5,39)40)25-16-15-21(2)22(3)17-25/h7-17,23,29H,6,18-20H2,1-5H3,(H,34,38)/t23-,29-/m1/s1. The lowest BCUT2D eigenvalue weighted by atomic mass is 10.0. The van der Waals surface area contributed by atoms with Crippen molar-refractivity contribution in [2.75, 3.05) is 17.1 Å². The highest BCUT2D eigenvalue weighted by Gasteiger charge is 2.34. The maximum absolute atomic E-state index is 14.2. The van der Waals surface area contributed by atoms with Gasteiger partial charge in [-0.15, -0.1) is 0 Å². The Balaban J connectivity index is 2.12. The zero-order valence-corrected chi connectivity index (χ0v) is 26.4. The predicted octanol–water partition coefficient (Wildman–Crippen LogP) is 5.93. The average Bonchev–Trinajstić information content (AvgIpc) is 2.92. The number of amides is 2. The van der Waals surface area contributed by atoms with Crippen LogP contribution in [0.25, 0.3) is 0 Å². The minimum Gasteiger partial charge on any atom is -0.352 e. The molecule has 10 heteroatoms.